The van der Waals surface area contributed by atoms with Gasteiger partial charge in [0.2, 0.25) is 12.3 Å². The highest BCUT2D eigenvalue weighted by molar-refractivity contribution is 9.10. The van der Waals surface area contributed by atoms with Crippen LogP contribution in [0.5, 0.6) is 0 Å². The summed E-state index contributed by atoms with van der Waals surface area (Å²) in [6.07, 6.45) is 5.73. The molecule has 1 aliphatic rings. The van der Waals surface area contributed by atoms with Crippen LogP contribution >= 0.6 is 27.7 Å². The number of pyridine rings is 2. The summed E-state index contributed by atoms with van der Waals surface area (Å²) in [5.74, 6) is 0.989. The maximum Gasteiger partial charge on any atom is 0.246 e. The highest BCUT2D eigenvalue weighted by Gasteiger charge is 2.32. The number of halogens is 1. The number of aromatic nitrogens is 2. The summed E-state index contributed by atoms with van der Waals surface area (Å²) in [7, 11) is 5.71. The Balaban J connectivity index is 1.96. The van der Waals surface area contributed by atoms with Crippen molar-refractivity contribution in [3.63, 3.8) is 0 Å². The van der Waals surface area contributed by atoms with Crippen LogP contribution in [0, 0.1) is 0 Å². The fraction of sp³-hybridized carbons (Fsp3) is 0.250. The predicted molar refractivity (Wildman–Crippen MR) is 178 cm³/mol. The number of piperazine rings is 1. The van der Waals surface area contributed by atoms with E-state index in [0.29, 0.717) is 58.5 Å². The van der Waals surface area contributed by atoms with Gasteiger partial charge in [0.1, 0.15) is 26.1 Å². The standard InChI is InChI=1S/C28H32B2BrN7O2S/c1-5-22(40)36-11-12-37(16(2)14-36)27(33-3)17-13-19(30)24(23-18(29)7-6-8-20(23)32)35-28(17)38(15-39)25-21(41-4)9-10-34-26(25)31/h5-10,13,15-16H,1,11-12,14,29-30,32H2,2-4H3/b33-27+. The minimum Gasteiger partial charge on any atom is -0.398 e. The van der Waals surface area contributed by atoms with Crippen molar-refractivity contribution in [2.45, 2.75) is 17.9 Å². The van der Waals surface area contributed by atoms with E-state index in [4.69, 9.17) is 15.7 Å². The Morgan fingerprint density at radius 3 is 2.66 bits per heavy atom. The lowest BCUT2D eigenvalue weighted by Gasteiger charge is -2.41. The van der Waals surface area contributed by atoms with Crippen molar-refractivity contribution in [1.82, 2.24) is 19.8 Å². The fourth-order valence-electron chi connectivity index (χ4n) is 5.23. The van der Waals surface area contributed by atoms with E-state index in [1.54, 1.807) is 18.1 Å². The molecular formula is C28H32B2BrN7O2S. The number of anilines is 3. The first-order valence-corrected chi connectivity index (χ1v) is 15.1. The van der Waals surface area contributed by atoms with Gasteiger partial charge in [0, 0.05) is 55.1 Å². The molecule has 1 unspecified atom stereocenters. The number of nitrogens with zero attached hydrogens (tertiary/aromatic N) is 6. The summed E-state index contributed by atoms with van der Waals surface area (Å²) in [5.41, 5.74) is 11.7. The van der Waals surface area contributed by atoms with Crippen LogP contribution in [0.4, 0.5) is 17.2 Å². The summed E-state index contributed by atoms with van der Waals surface area (Å²) >= 11 is 5.07. The van der Waals surface area contributed by atoms with E-state index in [1.165, 1.54) is 22.7 Å². The second kappa shape index (κ2) is 12.9. The number of hydrogen-bond acceptors (Lipinski definition) is 7. The summed E-state index contributed by atoms with van der Waals surface area (Å²) in [4.78, 5) is 45.8. The van der Waals surface area contributed by atoms with Gasteiger partial charge in [-0.1, -0.05) is 35.7 Å². The van der Waals surface area contributed by atoms with Crippen molar-refractivity contribution in [3.8, 4) is 11.3 Å². The van der Waals surface area contributed by atoms with E-state index in [-0.39, 0.29) is 11.9 Å². The molecule has 9 nitrogen and oxygen atoms in total. The van der Waals surface area contributed by atoms with Gasteiger partial charge in [-0.25, -0.2) is 9.97 Å². The smallest absolute Gasteiger partial charge is 0.246 e. The number of nitrogens with two attached hydrogens (primary N) is 1. The molecule has 0 spiro atoms. The Kier molecular flexibility index (Phi) is 9.60. The second-order valence-corrected chi connectivity index (χ2v) is 11.4. The number of amides is 2. The third-order valence-electron chi connectivity index (χ3n) is 7.21. The topological polar surface area (TPSA) is 108 Å². The van der Waals surface area contributed by atoms with Crippen LogP contribution in [0.1, 0.15) is 12.5 Å². The molecule has 1 aromatic carbocycles. The van der Waals surface area contributed by atoms with Gasteiger partial charge < -0.3 is 15.5 Å². The van der Waals surface area contributed by atoms with Crippen LogP contribution in [-0.4, -0.2) is 92.6 Å². The van der Waals surface area contributed by atoms with Crippen LogP contribution in [0.2, 0.25) is 0 Å². The van der Waals surface area contributed by atoms with Gasteiger partial charge in [0.15, 0.2) is 5.82 Å². The zero-order chi connectivity index (χ0) is 29.8. The van der Waals surface area contributed by atoms with Gasteiger partial charge in [0.25, 0.3) is 0 Å². The highest BCUT2D eigenvalue weighted by Crippen LogP contribution is 2.39. The molecular weight excluding hydrogens is 600 g/mol. The Labute approximate surface area is 255 Å². The number of nitrogen functional groups attached to an aromatic ring is 1. The number of carbonyl (C=O) groups excluding carboxylic acids is 2. The van der Waals surface area contributed by atoms with Crippen molar-refractivity contribution in [3.05, 3.63) is 59.4 Å². The fourth-order valence-corrected chi connectivity index (χ4v) is 6.47. The highest BCUT2D eigenvalue weighted by atomic mass is 79.9. The number of aliphatic imine (C=N–C) groups is 1. The van der Waals surface area contributed by atoms with Gasteiger partial charge in [-0.05, 0) is 47.3 Å². The Morgan fingerprint density at radius 2 is 2.05 bits per heavy atom. The summed E-state index contributed by atoms with van der Waals surface area (Å²) < 4.78 is 0.515. The molecule has 4 rings (SSSR count). The van der Waals surface area contributed by atoms with E-state index in [1.807, 2.05) is 52.3 Å². The Morgan fingerprint density at radius 1 is 1.29 bits per heavy atom. The monoisotopic (exact) mass is 631 g/mol. The molecule has 2 aromatic heterocycles. The molecule has 0 radical (unpaired) electrons. The van der Waals surface area contributed by atoms with Crippen molar-refractivity contribution in [2.75, 3.05) is 43.6 Å². The molecule has 13 heteroatoms. The minimum atomic E-state index is -0.0944. The Bertz CT molecular complexity index is 1520. The Hall–Kier alpha value is -3.57. The normalized spacial score (nSPS) is 15.5. The van der Waals surface area contributed by atoms with Gasteiger partial charge >= 0.3 is 0 Å². The minimum absolute atomic E-state index is 0.0391. The van der Waals surface area contributed by atoms with Crippen molar-refractivity contribution < 1.29 is 9.59 Å². The van der Waals surface area contributed by atoms with Crippen LogP contribution < -0.4 is 21.6 Å². The number of amidine groups is 1. The summed E-state index contributed by atoms with van der Waals surface area (Å²) in [6.45, 7) is 7.29. The van der Waals surface area contributed by atoms with E-state index < -0.39 is 0 Å². The van der Waals surface area contributed by atoms with Gasteiger partial charge in [0.05, 0.1) is 16.9 Å². The average Bonchev–Trinajstić information content (AvgIpc) is 2.96. The first-order chi connectivity index (χ1) is 19.7. The molecule has 0 bridgehead atoms. The summed E-state index contributed by atoms with van der Waals surface area (Å²) in [5, 5.41) is 0. The predicted octanol–water partition coefficient (Wildman–Crippen LogP) is 1.12. The molecule has 2 amide bonds. The zero-order valence-electron chi connectivity index (χ0n) is 23.9. The van der Waals surface area contributed by atoms with E-state index >= 15 is 0 Å². The van der Waals surface area contributed by atoms with Gasteiger partial charge in [-0.3, -0.25) is 19.5 Å². The number of hydrogen-bond donors (Lipinski definition) is 1. The summed E-state index contributed by atoms with van der Waals surface area (Å²) in [6, 6.07) is 9.59. The van der Waals surface area contributed by atoms with Crippen LogP contribution in [0.3, 0.4) is 0 Å². The van der Waals surface area contributed by atoms with Crippen molar-refractivity contribution in [2.24, 2.45) is 4.99 Å². The van der Waals surface area contributed by atoms with Crippen LogP contribution in [-0.2, 0) is 9.59 Å². The van der Waals surface area contributed by atoms with E-state index in [9.17, 15) is 9.59 Å². The lowest BCUT2D eigenvalue weighted by Crippen LogP contribution is -2.55. The maximum atomic E-state index is 12.9. The van der Waals surface area contributed by atoms with E-state index in [2.05, 4.69) is 39.3 Å². The third kappa shape index (κ3) is 5.92. The molecule has 1 atom stereocenters. The van der Waals surface area contributed by atoms with Crippen molar-refractivity contribution in [1.29, 1.82) is 0 Å². The molecule has 1 aliphatic heterocycles. The number of benzene rings is 1. The second-order valence-electron chi connectivity index (χ2n) is 9.77. The lowest BCUT2D eigenvalue weighted by molar-refractivity contribution is -0.128. The van der Waals surface area contributed by atoms with E-state index in [0.717, 1.165) is 27.8 Å². The number of carbonyl (C=O) groups is 2. The lowest BCUT2D eigenvalue weighted by atomic mass is 9.82. The average molecular weight is 632 g/mol. The quantitative estimate of drug-likeness (QED) is 0.0609. The van der Waals surface area contributed by atoms with Crippen molar-refractivity contribution >= 4 is 89.7 Å². The third-order valence-corrected chi connectivity index (χ3v) is 8.56. The number of thioether (sulfide) groups is 1. The molecule has 0 aliphatic carbocycles. The van der Waals surface area contributed by atoms with Crippen LogP contribution in [0.25, 0.3) is 11.3 Å². The molecule has 1 fully saturated rings. The molecule has 1 saturated heterocycles. The first kappa shape index (κ1) is 30.4. The largest absolute Gasteiger partial charge is 0.398 e. The SMILES string of the molecule is Bc1cc(/C(=N\C)N2CCN(C(=O)C=C)CC2C)c(N(C=O)c2c(SC)ccnc2Br)nc1-c1c(B)cccc1N. The molecule has 41 heavy (non-hydrogen) atoms. The molecule has 210 valence electrons. The molecule has 3 heterocycles. The zero-order valence-corrected chi connectivity index (χ0v) is 26.3. The van der Waals surface area contributed by atoms with Gasteiger partial charge in [-0.2, -0.15) is 0 Å². The van der Waals surface area contributed by atoms with Gasteiger partial charge in [-0.15, -0.1) is 11.8 Å². The molecule has 3 aromatic rings. The maximum absolute atomic E-state index is 12.9. The number of rotatable bonds is 7. The molecule has 2 N–H and O–H groups in total. The first-order valence-electron chi connectivity index (χ1n) is 13.1. The van der Waals surface area contributed by atoms with Crippen LogP contribution in [0.15, 0.2) is 63.7 Å². The molecule has 0 saturated carbocycles.